The molecule has 1 aromatic carbocycles. The zero-order valence-corrected chi connectivity index (χ0v) is 16.6. The molecular formula is C18H23ClN4O3S. The molecule has 0 N–H and O–H groups in total. The van der Waals surface area contributed by atoms with Crippen LogP contribution in [0.1, 0.15) is 5.56 Å². The largest absolute Gasteiger partial charge is 0.379 e. The van der Waals surface area contributed by atoms with Gasteiger partial charge in [0.1, 0.15) is 0 Å². The molecule has 2 fully saturated rings. The first kappa shape index (κ1) is 19.0. The van der Waals surface area contributed by atoms with Gasteiger partial charge in [0, 0.05) is 68.0 Å². The van der Waals surface area contributed by atoms with Crippen molar-refractivity contribution >= 4 is 32.7 Å². The number of rotatable bonds is 4. The van der Waals surface area contributed by atoms with Gasteiger partial charge in [-0.2, -0.15) is 17.0 Å². The van der Waals surface area contributed by atoms with Gasteiger partial charge in [0.15, 0.2) is 0 Å². The van der Waals surface area contributed by atoms with E-state index >= 15 is 0 Å². The van der Waals surface area contributed by atoms with Crippen LogP contribution in [0.2, 0.25) is 5.02 Å². The molecule has 1 aromatic heterocycles. The van der Waals surface area contributed by atoms with E-state index in [4.69, 9.17) is 16.3 Å². The highest BCUT2D eigenvalue weighted by Gasteiger charge is 2.33. The summed E-state index contributed by atoms with van der Waals surface area (Å²) in [5.74, 6) is 0. The van der Waals surface area contributed by atoms with Crippen LogP contribution >= 0.6 is 11.6 Å². The second kappa shape index (κ2) is 7.98. The Morgan fingerprint density at radius 2 is 1.70 bits per heavy atom. The predicted molar refractivity (Wildman–Crippen MR) is 105 cm³/mol. The van der Waals surface area contributed by atoms with Crippen molar-refractivity contribution in [3.05, 3.63) is 41.0 Å². The summed E-state index contributed by atoms with van der Waals surface area (Å²) < 4.78 is 33.9. The van der Waals surface area contributed by atoms with Crippen molar-refractivity contribution in [2.75, 3.05) is 52.5 Å². The number of piperazine rings is 1. The fraction of sp³-hybridized carbons (Fsp3) is 0.500. The smallest absolute Gasteiger partial charge is 0.282 e. The van der Waals surface area contributed by atoms with Crippen LogP contribution in [-0.4, -0.2) is 79.4 Å². The summed E-state index contributed by atoms with van der Waals surface area (Å²) in [6, 6.07) is 7.81. The van der Waals surface area contributed by atoms with Crippen molar-refractivity contribution in [3.8, 4) is 0 Å². The number of fused-ring (bicyclic) bond motifs is 1. The van der Waals surface area contributed by atoms with Gasteiger partial charge < -0.3 is 4.74 Å². The number of ether oxygens (including phenoxy) is 1. The monoisotopic (exact) mass is 410 g/mol. The van der Waals surface area contributed by atoms with E-state index in [0.29, 0.717) is 64.0 Å². The summed E-state index contributed by atoms with van der Waals surface area (Å²) in [4.78, 5) is 6.72. The van der Waals surface area contributed by atoms with Crippen LogP contribution < -0.4 is 0 Å². The third kappa shape index (κ3) is 3.96. The minimum Gasteiger partial charge on any atom is -0.379 e. The summed E-state index contributed by atoms with van der Waals surface area (Å²) in [5, 5.41) is 1.76. The lowest BCUT2D eigenvalue weighted by Crippen LogP contribution is -2.54. The summed E-state index contributed by atoms with van der Waals surface area (Å²) in [6.07, 6.45) is 1.77. The average molecular weight is 411 g/mol. The molecule has 0 radical (unpaired) electrons. The number of pyridine rings is 1. The third-order valence-electron chi connectivity index (χ3n) is 5.16. The first-order valence-corrected chi connectivity index (χ1v) is 10.9. The first-order chi connectivity index (χ1) is 13.1. The highest BCUT2D eigenvalue weighted by molar-refractivity contribution is 7.86. The molecule has 2 aromatic rings. The Hall–Kier alpha value is -1.29. The van der Waals surface area contributed by atoms with Gasteiger partial charge in [0.05, 0.1) is 18.7 Å². The molecule has 3 heterocycles. The van der Waals surface area contributed by atoms with Gasteiger partial charge in [0.2, 0.25) is 0 Å². The third-order valence-corrected chi connectivity index (χ3v) is 7.55. The molecule has 2 aliphatic rings. The van der Waals surface area contributed by atoms with Crippen molar-refractivity contribution < 1.29 is 13.2 Å². The quantitative estimate of drug-likeness (QED) is 0.765. The van der Waals surface area contributed by atoms with Crippen LogP contribution in [0.3, 0.4) is 0 Å². The van der Waals surface area contributed by atoms with E-state index in [2.05, 4.69) is 9.88 Å². The number of aromatic nitrogens is 1. The lowest BCUT2D eigenvalue weighted by molar-refractivity contribution is 0.0684. The van der Waals surface area contributed by atoms with E-state index in [9.17, 15) is 8.42 Å². The van der Waals surface area contributed by atoms with E-state index in [1.54, 1.807) is 10.5 Å². The van der Waals surface area contributed by atoms with Crippen LogP contribution in [0.25, 0.3) is 10.9 Å². The van der Waals surface area contributed by atoms with Crippen LogP contribution in [0.4, 0.5) is 0 Å². The molecule has 0 amide bonds. The Bertz CT molecular complexity index is 910. The molecule has 0 saturated carbocycles. The van der Waals surface area contributed by atoms with E-state index < -0.39 is 10.2 Å². The second-order valence-electron chi connectivity index (χ2n) is 6.80. The number of benzene rings is 1. The zero-order chi connectivity index (χ0) is 18.9. The summed E-state index contributed by atoms with van der Waals surface area (Å²) in [7, 11) is -3.40. The molecular weight excluding hydrogens is 388 g/mol. The SMILES string of the molecule is O=S(=O)(N1CCOCC1)N1CCN(Cc2c(Cl)ccc3cccnc23)CC1. The van der Waals surface area contributed by atoms with Crippen LogP contribution in [0, 0.1) is 0 Å². The maximum atomic E-state index is 12.8. The lowest BCUT2D eigenvalue weighted by Gasteiger charge is -2.37. The maximum Gasteiger partial charge on any atom is 0.282 e. The van der Waals surface area contributed by atoms with E-state index in [-0.39, 0.29) is 0 Å². The molecule has 2 saturated heterocycles. The fourth-order valence-corrected chi connectivity index (χ4v) is 5.39. The van der Waals surface area contributed by atoms with Crippen molar-refractivity contribution in [1.82, 2.24) is 18.5 Å². The minimum absolute atomic E-state index is 0.430. The predicted octanol–water partition coefficient (Wildman–Crippen LogP) is 1.58. The fourth-order valence-electron chi connectivity index (χ4n) is 3.61. The Labute approximate surface area is 164 Å². The van der Waals surface area contributed by atoms with Gasteiger partial charge in [-0.3, -0.25) is 9.88 Å². The van der Waals surface area contributed by atoms with Crippen molar-refractivity contribution in [2.24, 2.45) is 0 Å². The molecule has 0 aliphatic carbocycles. The number of morpholine rings is 1. The molecule has 146 valence electrons. The van der Waals surface area contributed by atoms with Crippen LogP contribution in [0.15, 0.2) is 30.5 Å². The van der Waals surface area contributed by atoms with Gasteiger partial charge in [-0.05, 0) is 12.1 Å². The van der Waals surface area contributed by atoms with Gasteiger partial charge >= 0.3 is 0 Å². The highest BCUT2D eigenvalue weighted by atomic mass is 35.5. The summed E-state index contributed by atoms with van der Waals surface area (Å²) in [6.45, 7) is 4.76. The molecule has 0 atom stereocenters. The van der Waals surface area contributed by atoms with Gasteiger partial charge in [0.25, 0.3) is 10.2 Å². The molecule has 0 spiro atoms. The first-order valence-electron chi connectivity index (χ1n) is 9.13. The highest BCUT2D eigenvalue weighted by Crippen LogP contribution is 2.26. The Morgan fingerprint density at radius 3 is 2.44 bits per heavy atom. The molecule has 7 nitrogen and oxygen atoms in total. The van der Waals surface area contributed by atoms with E-state index in [1.165, 1.54) is 4.31 Å². The summed E-state index contributed by atoms with van der Waals surface area (Å²) >= 11 is 6.43. The molecule has 0 bridgehead atoms. The molecule has 9 heteroatoms. The van der Waals surface area contributed by atoms with Crippen LogP contribution in [0.5, 0.6) is 0 Å². The zero-order valence-electron chi connectivity index (χ0n) is 15.1. The van der Waals surface area contributed by atoms with Gasteiger partial charge in [-0.15, -0.1) is 0 Å². The van der Waals surface area contributed by atoms with E-state index in [0.717, 1.165) is 16.5 Å². The summed E-state index contributed by atoms with van der Waals surface area (Å²) in [5.41, 5.74) is 1.91. The number of halogens is 1. The Morgan fingerprint density at radius 1 is 1.00 bits per heavy atom. The van der Waals surface area contributed by atoms with Crippen molar-refractivity contribution in [3.63, 3.8) is 0 Å². The minimum atomic E-state index is -3.40. The Balaban J connectivity index is 1.44. The number of nitrogens with zero attached hydrogens (tertiary/aromatic N) is 4. The standard InChI is InChI=1S/C18H23ClN4O3S/c19-17-4-3-15-2-1-5-20-18(15)16(17)14-21-6-8-22(9-7-21)27(24,25)23-10-12-26-13-11-23/h1-5H,6-14H2. The molecule has 4 rings (SSSR count). The normalized spacial score (nSPS) is 20.9. The lowest BCUT2D eigenvalue weighted by atomic mass is 10.1. The van der Waals surface area contributed by atoms with Crippen molar-refractivity contribution in [1.29, 1.82) is 0 Å². The van der Waals surface area contributed by atoms with Gasteiger partial charge in [-0.1, -0.05) is 23.7 Å². The van der Waals surface area contributed by atoms with E-state index in [1.807, 2.05) is 24.3 Å². The Kier molecular flexibility index (Phi) is 5.63. The molecule has 0 unspecified atom stereocenters. The van der Waals surface area contributed by atoms with Crippen molar-refractivity contribution in [2.45, 2.75) is 6.54 Å². The van der Waals surface area contributed by atoms with Crippen LogP contribution in [-0.2, 0) is 21.5 Å². The number of hydrogen-bond acceptors (Lipinski definition) is 5. The maximum absolute atomic E-state index is 12.8. The van der Waals surface area contributed by atoms with Gasteiger partial charge in [-0.25, -0.2) is 0 Å². The number of hydrogen-bond donors (Lipinski definition) is 0. The molecule has 2 aliphatic heterocycles. The molecule has 27 heavy (non-hydrogen) atoms. The topological polar surface area (TPSA) is 66.0 Å². The average Bonchev–Trinajstić information content (AvgIpc) is 2.71. The second-order valence-corrected chi connectivity index (χ2v) is 9.13.